The molecule has 16 atom stereocenters. The number of nitrogens with one attached hydrogen (secondary N) is 14. The molecule has 3 aromatic carbocycles. The van der Waals surface area contributed by atoms with Gasteiger partial charge in [-0.1, -0.05) is 133 Å². The first-order chi connectivity index (χ1) is 60.8. The molecule has 13 amide bonds. The van der Waals surface area contributed by atoms with Crippen LogP contribution in [0.25, 0.3) is 10.9 Å². The number of allylic oxidation sites excluding steroid dienone is 2. The molecule has 712 valence electrons. The number of aromatic nitrogens is 1. The molecule has 22 N–H and O–H groups in total. The molecule has 6 unspecified atom stereocenters. The maximum absolute atomic E-state index is 15.3. The molecule has 36 heteroatoms. The summed E-state index contributed by atoms with van der Waals surface area (Å²) in [7, 11) is 1.50. The summed E-state index contributed by atoms with van der Waals surface area (Å²) in [5, 5.41) is 57.6. The van der Waals surface area contributed by atoms with E-state index in [0.717, 1.165) is 0 Å². The number of para-hydroxylation sites is 1. The number of nitrogens with two attached hydrogens (primary N) is 3. The summed E-state index contributed by atoms with van der Waals surface area (Å²) in [5.74, 6) is -16.4. The van der Waals surface area contributed by atoms with Crippen LogP contribution in [0.1, 0.15) is 216 Å². The third kappa shape index (κ3) is 37.2. The number of hydrogen-bond acceptors (Lipinski definition) is 22. The van der Waals surface area contributed by atoms with Crippen molar-refractivity contribution < 1.29 is 91.7 Å². The molecule has 36 nitrogen and oxygen atoms in total. The lowest BCUT2D eigenvalue weighted by molar-refractivity contribution is -0.141. The van der Waals surface area contributed by atoms with E-state index in [2.05, 4.69) is 79.8 Å². The fraction of sp³-hybridized carbons (Fsp3) is 0.581. The van der Waals surface area contributed by atoms with Gasteiger partial charge < -0.3 is 102 Å². The second kappa shape index (κ2) is 54.6. The largest absolute Gasteiger partial charge is 0.508 e. The second-order valence-corrected chi connectivity index (χ2v) is 34.9. The number of aromatic hydroxyl groups is 1. The van der Waals surface area contributed by atoms with E-state index in [1.54, 1.807) is 60.8 Å². The number of fused-ring (bicyclic) bond motifs is 1. The van der Waals surface area contributed by atoms with Crippen LogP contribution in [0.2, 0.25) is 0 Å². The zero-order chi connectivity index (χ0) is 96.6. The van der Waals surface area contributed by atoms with Crippen LogP contribution in [0.3, 0.4) is 0 Å². The Labute approximate surface area is 756 Å². The SMILES string of the molecule is CCCC(CNC(C)C(=O)C(=O)C(C)NC(=O)[C@]1(C)CCC/C=C/CCCCCC[C@@](C)(NC(=O)[C@H](Cc2ccccc2)NC(=O)[C@@H](NC(=O)[C@H](CC(C)C)NC(C)=O)[C@@H](C)O)C(=O)NC(C)C(=O)N[C@@H](Cc2ccc(O)cc2)C(=O)N[C@@H](Cc2c[nH]c3ccccc23)C(=O)NC(C)C(=O)C(=O)[C@H](CCC(N)=O)NC[C@@H](CC(C)C)C(=O)N1)CC(=O)NC(C)C(N)=O.CN. The monoisotopic (exact) mass is 1800 g/mol. The van der Waals surface area contributed by atoms with Crippen LogP contribution in [0, 0.1) is 23.7 Å². The number of hydrogen-bond donors (Lipinski definition) is 19. The third-order valence-electron chi connectivity index (χ3n) is 22.5. The van der Waals surface area contributed by atoms with Gasteiger partial charge >= 0.3 is 0 Å². The summed E-state index contributed by atoms with van der Waals surface area (Å²) in [6, 6.07) is 5.73. The minimum Gasteiger partial charge on any atom is -0.508 e. The molecule has 0 fully saturated rings. The quantitative estimate of drug-likeness (QED) is 0.0232. The Bertz CT molecular complexity index is 4480. The van der Waals surface area contributed by atoms with Crippen molar-refractivity contribution in [1.82, 2.24) is 74.1 Å². The number of ketones is 4. The zero-order valence-electron chi connectivity index (χ0n) is 77.4. The first-order valence-corrected chi connectivity index (χ1v) is 44.7. The Kier molecular flexibility index (Phi) is 46.5. The predicted molar refractivity (Wildman–Crippen MR) is 488 cm³/mol. The van der Waals surface area contributed by atoms with Gasteiger partial charge in [-0.05, 0) is 186 Å². The second-order valence-electron chi connectivity index (χ2n) is 34.9. The minimum atomic E-state index is -1.91. The van der Waals surface area contributed by atoms with Crippen molar-refractivity contribution in [3.63, 3.8) is 0 Å². The number of carbonyl (C=O) groups excluding carboxylic acids is 17. The van der Waals surface area contributed by atoms with Crippen LogP contribution < -0.4 is 86.3 Å². The number of H-pyrrole nitrogens is 1. The molecule has 0 radical (unpaired) electrons. The van der Waals surface area contributed by atoms with E-state index < -0.39 is 196 Å². The number of phenols is 1. The average Bonchev–Trinajstić information content (AvgIpc) is 1.79. The van der Waals surface area contributed by atoms with Gasteiger partial charge in [-0.15, -0.1) is 0 Å². The van der Waals surface area contributed by atoms with Crippen LogP contribution in [0.5, 0.6) is 5.75 Å². The molecule has 5 rings (SSSR count). The first-order valence-electron chi connectivity index (χ1n) is 44.7. The lowest BCUT2D eigenvalue weighted by atomic mass is 9.89. The van der Waals surface area contributed by atoms with Crippen LogP contribution >= 0.6 is 0 Å². The number of aromatic amines is 1. The Balaban J connectivity index is 0.0000173. The van der Waals surface area contributed by atoms with E-state index in [9.17, 15) is 67.7 Å². The van der Waals surface area contributed by atoms with Gasteiger partial charge in [-0.3, -0.25) is 81.5 Å². The molecule has 0 saturated heterocycles. The van der Waals surface area contributed by atoms with E-state index in [1.807, 2.05) is 46.8 Å². The molecular formula is C93H141N17O19. The van der Waals surface area contributed by atoms with Crippen LogP contribution in [0.4, 0.5) is 0 Å². The van der Waals surface area contributed by atoms with Gasteiger partial charge in [0.1, 0.15) is 59.1 Å². The maximum Gasteiger partial charge on any atom is 0.246 e. The number of primary amides is 2. The molecule has 0 saturated carbocycles. The van der Waals surface area contributed by atoms with Gasteiger partial charge in [-0.25, -0.2) is 0 Å². The molecule has 129 heavy (non-hydrogen) atoms. The highest BCUT2D eigenvalue weighted by molar-refractivity contribution is 6.41. The summed E-state index contributed by atoms with van der Waals surface area (Å²) >= 11 is 0. The number of amides is 13. The summed E-state index contributed by atoms with van der Waals surface area (Å²) in [5.41, 5.74) is 13.9. The Morgan fingerprint density at radius 1 is 0.589 bits per heavy atom. The number of aliphatic hydroxyl groups excluding tert-OH is 1. The maximum atomic E-state index is 15.3. The lowest BCUT2D eigenvalue weighted by Crippen LogP contribution is -2.64. The standard InChI is InChI=1S/C92H136N16O19.CH5N/c1-15-30-63(47-75(113)98-57(9)81(94)118)49-95-54(6)77(114)78(115)56(8)100-89(126)91(13)41-28-21-19-17-16-18-20-22-29-42-92(14,108-87(124)72(45-61-31-24-23-25-32-61)105-88(125)76(59(11)109)106-86(123)70(44-53(4)5)102-60(12)110)90(127)101-58(10)82(119)103-71(46-62-35-37-66(111)38-36-62)85(122)104-73(48-64-50-96-68-34-27-26-33-67(64)68)84(121)99-55(7)79(116)80(117)69(39-40-74(93)112)97-51-65(43-52(2)3)83(120)107-91;1-2/h17,19,23-27,31-38,50,52-59,63,65,69-73,76,95-97,109,111H,15-16,18,20-22,28-30,39-49,51H2,1-14H3,(H2,93,112)(H2,94,118)(H,98,113)(H,99,121)(H,100,126)(H,101,127)(H,102,110)(H,103,119)(H,104,122)(H,105,125)(H,106,123)(H,107,120)(H,108,124);2H2,1H3/b19-17+;/t54?,55?,56?,57?,58?,59-,63?,65-,69+,70+,71+,72+,73+,76+,91+,92-;/m1./s1. The highest BCUT2D eigenvalue weighted by atomic mass is 16.3. The summed E-state index contributed by atoms with van der Waals surface area (Å²) in [4.78, 5) is 243. The van der Waals surface area contributed by atoms with Crippen LogP contribution in [0.15, 0.2) is 97.2 Å². The van der Waals surface area contributed by atoms with Crippen LogP contribution in [-0.2, 0) is 101 Å². The van der Waals surface area contributed by atoms with Gasteiger partial charge in [0, 0.05) is 62.7 Å². The average molecular weight is 1800 g/mol. The molecule has 2 heterocycles. The number of phenolic OH excluding ortho intramolecular Hbond substituents is 1. The molecule has 0 bridgehead atoms. The molecule has 0 spiro atoms. The van der Waals surface area contributed by atoms with Gasteiger partial charge in [-0.2, -0.15) is 0 Å². The summed E-state index contributed by atoms with van der Waals surface area (Å²) in [6.07, 6.45) is 6.90. The van der Waals surface area contributed by atoms with Gasteiger partial charge in [0.15, 0.2) is 0 Å². The van der Waals surface area contributed by atoms with E-state index in [1.165, 1.54) is 93.6 Å². The topological polar surface area (TPSA) is 581 Å². The Hall–Kier alpha value is -11.6. The Morgan fingerprint density at radius 2 is 1.20 bits per heavy atom. The van der Waals surface area contributed by atoms with Crippen molar-refractivity contribution in [2.45, 2.75) is 303 Å². The Morgan fingerprint density at radius 3 is 1.82 bits per heavy atom. The van der Waals surface area contributed by atoms with Gasteiger partial charge in [0.25, 0.3) is 0 Å². The molecule has 1 aliphatic heterocycles. The van der Waals surface area contributed by atoms with E-state index >= 15 is 24.0 Å². The van der Waals surface area contributed by atoms with Crippen LogP contribution in [-0.4, -0.2) is 219 Å². The normalized spacial score (nSPS) is 22.2. The zero-order valence-corrected chi connectivity index (χ0v) is 77.4. The fourth-order valence-electron chi connectivity index (χ4n) is 14.9. The van der Waals surface area contributed by atoms with Crippen molar-refractivity contribution in [3.8, 4) is 5.75 Å². The highest BCUT2D eigenvalue weighted by Gasteiger charge is 2.43. The van der Waals surface area contributed by atoms with Crippen molar-refractivity contribution in [2.75, 3.05) is 20.1 Å². The number of Topliss-reactive ketones (excluding diaryl/α,β-unsaturated/α-hetero) is 4. The number of benzene rings is 3. The van der Waals surface area contributed by atoms with Gasteiger partial charge in [0.2, 0.25) is 99.9 Å². The van der Waals surface area contributed by atoms with Crippen molar-refractivity contribution >= 4 is 111 Å². The molecule has 4 aromatic rings. The fourth-order valence-corrected chi connectivity index (χ4v) is 14.9. The first kappa shape index (κ1) is 110. The minimum absolute atomic E-state index is 0.00997. The van der Waals surface area contributed by atoms with E-state index in [-0.39, 0.29) is 107 Å². The molecule has 0 aliphatic carbocycles. The smallest absolute Gasteiger partial charge is 0.246 e. The molecular weight excluding hydrogens is 1660 g/mol. The number of rotatable bonds is 35. The number of carbonyl (C=O) groups is 17. The van der Waals surface area contributed by atoms with Gasteiger partial charge in [0.05, 0.1) is 36.2 Å². The van der Waals surface area contributed by atoms with Crippen molar-refractivity contribution in [1.29, 1.82) is 0 Å². The number of aliphatic hydroxyl groups is 1. The van der Waals surface area contributed by atoms with Crippen molar-refractivity contribution in [3.05, 3.63) is 114 Å². The third-order valence-corrected chi connectivity index (χ3v) is 22.5. The predicted octanol–water partition coefficient (Wildman–Crippen LogP) is 2.63. The van der Waals surface area contributed by atoms with Crippen molar-refractivity contribution in [2.24, 2.45) is 40.9 Å². The summed E-state index contributed by atoms with van der Waals surface area (Å²) in [6.45, 7) is 21.2. The van der Waals surface area contributed by atoms with E-state index in [4.69, 9.17) is 11.5 Å². The molecule has 1 aliphatic rings. The highest BCUT2D eigenvalue weighted by Crippen LogP contribution is 2.25. The molecule has 1 aromatic heterocycles. The lowest BCUT2D eigenvalue weighted by Gasteiger charge is -2.33. The van der Waals surface area contributed by atoms with E-state index in [0.29, 0.717) is 72.5 Å². The summed E-state index contributed by atoms with van der Waals surface area (Å²) < 4.78 is 0.